The first-order valence-corrected chi connectivity index (χ1v) is 11.3. The Hall–Kier alpha value is -2.73. The van der Waals surface area contributed by atoms with Crippen LogP contribution in [0, 0.1) is 34.6 Å². The van der Waals surface area contributed by atoms with Gasteiger partial charge in [-0.25, -0.2) is 0 Å². The average molecular weight is 461 g/mol. The second kappa shape index (κ2) is 8.90. The van der Waals surface area contributed by atoms with Gasteiger partial charge in [-0.1, -0.05) is 12.1 Å². The number of carbonyl (C=O) groups is 1. The molecule has 9 heteroatoms. The van der Waals surface area contributed by atoms with Crippen LogP contribution in [0.5, 0.6) is 5.75 Å². The molecule has 2 unspecified atom stereocenters. The number of rotatable bonds is 8. The maximum atomic E-state index is 12.3. The summed E-state index contributed by atoms with van der Waals surface area (Å²) >= 11 is 0. The van der Waals surface area contributed by atoms with Crippen LogP contribution in [0.3, 0.4) is 0 Å². The van der Waals surface area contributed by atoms with Crippen LogP contribution in [0.1, 0.15) is 51.5 Å². The fourth-order valence-corrected chi connectivity index (χ4v) is 6.21. The Balaban J connectivity index is 1.42. The normalized spacial score (nSPS) is 30.8. The maximum Gasteiger partial charge on any atom is 0.387 e. The second-order valence-electron chi connectivity index (χ2n) is 10.2. The lowest BCUT2D eigenvalue weighted by Crippen LogP contribution is -2.63. The number of halogens is 2. The molecule has 1 aromatic rings. The fourth-order valence-electron chi connectivity index (χ4n) is 6.21. The lowest BCUT2D eigenvalue weighted by molar-refractivity contribution is -0.145. The predicted octanol–water partition coefficient (Wildman–Crippen LogP) is 3.73. The van der Waals surface area contributed by atoms with Crippen LogP contribution >= 0.6 is 0 Å². The van der Waals surface area contributed by atoms with E-state index in [0.29, 0.717) is 23.6 Å². The van der Waals surface area contributed by atoms with Crippen molar-refractivity contribution in [3.63, 3.8) is 0 Å². The number of nitrogens with zero attached hydrogens (tertiary/aromatic N) is 2. The molecule has 4 fully saturated rings. The number of primary amides is 1. The SMILES string of the molecule is CC(C)(OCc1ccc(OC(F)F)cc1)/C(=N\C#N)NC1C2CC3CC1CC(C(N)=O)(C3)C2. The third kappa shape index (κ3) is 4.81. The first kappa shape index (κ1) is 23.4. The molecule has 0 spiro atoms. The predicted molar refractivity (Wildman–Crippen MR) is 117 cm³/mol. The molecular weight excluding hydrogens is 430 g/mol. The quantitative estimate of drug-likeness (QED) is 0.349. The number of aliphatic imine (C=N–C) groups is 1. The number of amides is 1. The minimum absolute atomic E-state index is 0.0806. The summed E-state index contributed by atoms with van der Waals surface area (Å²) in [5.74, 6) is 1.51. The number of nitriles is 1. The van der Waals surface area contributed by atoms with Crippen molar-refractivity contribution in [1.29, 1.82) is 5.26 Å². The van der Waals surface area contributed by atoms with E-state index in [1.807, 2.05) is 20.0 Å². The van der Waals surface area contributed by atoms with Crippen molar-refractivity contribution in [2.75, 3.05) is 0 Å². The molecule has 0 radical (unpaired) electrons. The van der Waals surface area contributed by atoms with Gasteiger partial charge in [0.15, 0.2) is 0 Å². The molecule has 2 atom stereocenters. The minimum atomic E-state index is -2.87. The molecule has 4 bridgehead atoms. The number of nitrogens with two attached hydrogens (primary N) is 1. The van der Waals surface area contributed by atoms with Crippen molar-refractivity contribution in [3.8, 4) is 11.9 Å². The molecule has 1 aromatic carbocycles. The first-order valence-electron chi connectivity index (χ1n) is 11.3. The largest absolute Gasteiger partial charge is 0.435 e. The number of benzene rings is 1. The molecule has 4 aliphatic rings. The van der Waals surface area contributed by atoms with Gasteiger partial charge in [-0.3, -0.25) is 4.79 Å². The molecule has 0 aromatic heterocycles. The van der Waals surface area contributed by atoms with Gasteiger partial charge >= 0.3 is 6.61 Å². The highest BCUT2D eigenvalue weighted by Gasteiger charge is 2.58. The third-order valence-corrected chi connectivity index (χ3v) is 7.58. The molecule has 3 N–H and O–H groups in total. The fraction of sp³-hybridized carbons (Fsp3) is 0.625. The van der Waals surface area contributed by atoms with Gasteiger partial charge in [-0.2, -0.15) is 19.0 Å². The van der Waals surface area contributed by atoms with Crippen molar-refractivity contribution in [3.05, 3.63) is 29.8 Å². The van der Waals surface area contributed by atoms with Crippen LogP contribution < -0.4 is 15.8 Å². The zero-order valence-electron chi connectivity index (χ0n) is 18.9. The Bertz CT molecular complexity index is 941. The lowest BCUT2D eigenvalue weighted by Gasteiger charge is -2.59. The molecule has 4 saturated carbocycles. The van der Waals surface area contributed by atoms with E-state index >= 15 is 0 Å². The van der Waals surface area contributed by atoms with Gasteiger partial charge in [-0.05, 0) is 81.4 Å². The summed E-state index contributed by atoms with van der Waals surface area (Å²) in [5, 5.41) is 12.8. The lowest BCUT2D eigenvalue weighted by atomic mass is 9.47. The van der Waals surface area contributed by atoms with E-state index in [4.69, 9.17) is 10.5 Å². The summed E-state index contributed by atoms with van der Waals surface area (Å²) in [4.78, 5) is 16.3. The van der Waals surface area contributed by atoms with Crippen molar-refractivity contribution < 1.29 is 23.0 Å². The summed E-state index contributed by atoms with van der Waals surface area (Å²) in [6.07, 6.45) is 6.44. The molecule has 7 nitrogen and oxygen atoms in total. The van der Waals surface area contributed by atoms with E-state index in [9.17, 15) is 18.8 Å². The van der Waals surface area contributed by atoms with Crippen LogP contribution in [0.25, 0.3) is 0 Å². The number of hydrogen-bond donors (Lipinski definition) is 2. The number of ether oxygens (including phenoxy) is 2. The number of amidine groups is 1. The highest BCUT2D eigenvalue weighted by Crippen LogP contribution is 2.60. The highest BCUT2D eigenvalue weighted by atomic mass is 19.3. The molecule has 5 rings (SSSR count). The van der Waals surface area contributed by atoms with Crippen molar-refractivity contribution in [2.24, 2.45) is 33.9 Å². The summed E-state index contributed by atoms with van der Waals surface area (Å²) in [6.45, 7) is 1.01. The third-order valence-electron chi connectivity index (χ3n) is 7.58. The Morgan fingerprint density at radius 3 is 2.45 bits per heavy atom. The Morgan fingerprint density at radius 1 is 1.27 bits per heavy atom. The highest BCUT2D eigenvalue weighted by molar-refractivity contribution is 5.91. The Kier molecular flexibility index (Phi) is 6.32. The number of alkyl halides is 2. The van der Waals surface area contributed by atoms with Crippen LogP contribution in [0.4, 0.5) is 8.78 Å². The first-order chi connectivity index (χ1) is 15.6. The second-order valence-corrected chi connectivity index (χ2v) is 10.2. The molecule has 0 heterocycles. The van der Waals surface area contributed by atoms with E-state index in [2.05, 4.69) is 15.0 Å². The van der Waals surface area contributed by atoms with E-state index < -0.39 is 12.2 Å². The van der Waals surface area contributed by atoms with Gasteiger partial charge in [0.2, 0.25) is 12.1 Å². The summed E-state index contributed by atoms with van der Waals surface area (Å²) in [7, 11) is 0. The standard InChI is InChI=1S/C24H30F2N4O3/c1-23(2,32-12-14-3-5-18(6-4-14)33-22(25)26)21(29-13-27)30-19-16-7-15-8-17(19)11-24(9-15,10-16)20(28)31/h3-6,15-17,19,22H,7-12H2,1-2H3,(H2,28,31)(H,29,30). The van der Waals surface area contributed by atoms with Gasteiger partial charge in [0, 0.05) is 11.5 Å². The monoisotopic (exact) mass is 460 g/mol. The number of hydrogen-bond acceptors (Lipinski definition) is 5. The summed E-state index contributed by atoms with van der Waals surface area (Å²) in [5.41, 5.74) is 5.30. The maximum absolute atomic E-state index is 12.3. The van der Waals surface area contributed by atoms with Crippen molar-refractivity contribution in [1.82, 2.24) is 5.32 Å². The number of carbonyl (C=O) groups excluding carboxylic acids is 1. The molecular formula is C24H30F2N4O3. The van der Waals surface area contributed by atoms with E-state index in [0.717, 1.165) is 37.7 Å². The van der Waals surface area contributed by atoms with Crippen LogP contribution in [0.15, 0.2) is 29.3 Å². The van der Waals surface area contributed by atoms with Crippen molar-refractivity contribution >= 4 is 11.7 Å². The van der Waals surface area contributed by atoms with E-state index in [1.165, 1.54) is 12.1 Å². The molecule has 0 aliphatic heterocycles. The van der Waals surface area contributed by atoms with Crippen LogP contribution in [0.2, 0.25) is 0 Å². The topological polar surface area (TPSA) is 110 Å². The molecule has 0 saturated heterocycles. The van der Waals surface area contributed by atoms with Crippen LogP contribution in [-0.2, 0) is 16.1 Å². The minimum Gasteiger partial charge on any atom is -0.435 e. The van der Waals surface area contributed by atoms with Crippen molar-refractivity contribution in [2.45, 2.75) is 70.8 Å². The van der Waals surface area contributed by atoms with Gasteiger partial charge in [0.25, 0.3) is 0 Å². The van der Waals surface area contributed by atoms with Gasteiger partial charge < -0.3 is 20.5 Å². The molecule has 4 aliphatic carbocycles. The molecule has 178 valence electrons. The zero-order valence-corrected chi connectivity index (χ0v) is 18.9. The Morgan fingerprint density at radius 2 is 1.91 bits per heavy atom. The smallest absolute Gasteiger partial charge is 0.387 e. The molecule has 33 heavy (non-hydrogen) atoms. The number of nitrogens with one attached hydrogen (secondary N) is 1. The zero-order chi connectivity index (χ0) is 23.8. The Labute approximate surface area is 192 Å². The average Bonchev–Trinajstić information content (AvgIpc) is 2.74. The van der Waals surface area contributed by atoms with Gasteiger partial charge in [0.05, 0.1) is 6.61 Å². The summed E-state index contributed by atoms with van der Waals surface area (Å²) < 4.78 is 35.1. The van der Waals surface area contributed by atoms with Crippen LogP contribution in [-0.4, -0.2) is 30.0 Å². The van der Waals surface area contributed by atoms with E-state index in [-0.39, 0.29) is 29.7 Å². The van der Waals surface area contributed by atoms with E-state index in [1.54, 1.807) is 12.1 Å². The van der Waals surface area contributed by atoms with Gasteiger partial charge in [0.1, 0.15) is 17.2 Å². The van der Waals surface area contributed by atoms with Gasteiger partial charge in [-0.15, -0.1) is 0 Å². The summed E-state index contributed by atoms with van der Waals surface area (Å²) in [6, 6.07) is 6.36. The molecule has 1 amide bonds.